The van der Waals surface area contributed by atoms with Gasteiger partial charge in [-0.1, -0.05) is 23.7 Å². The quantitative estimate of drug-likeness (QED) is 0.918. The maximum Gasteiger partial charge on any atom is 0.151 e. The molecule has 2 heterocycles. The van der Waals surface area contributed by atoms with Crippen LogP contribution < -0.4 is 10.5 Å². The number of hydrogen-bond acceptors (Lipinski definition) is 3. The number of hydrogen-bond donors (Lipinski definition) is 1. The third-order valence-electron chi connectivity index (χ3n) is 3.55. The molecule has 1 aromatic heterocycles. The average molecular weight is 278 g/mol. The molecule has 0 saturated heterocycles. The Labute approximate surface area is 117 Å². The van der Waals surface area contributed by atoms with E-state index in [-0.39, 0.29) is 6.17 Å². The SMILES string of the molecule is COc1ccccc1-c1nc(Cl)c2n1C(N)CCC2. The van der Waals surface area contributed by atoms with Gasteiger partial charge in [-0.2, -0.15) is 0 Å². The molecule has 1 atom stereocenters. The Morgan fingerprint density at radius 1 is 1.42 bits per heavy atom. The molecular weight excluding hydrogens is 262 g/mol. The molecule has 2 N–H and O–H groups in total. The molecular formula is C14H16ClN3O. The number of aromatic nitrogens is 2. The highest BCUT2D eigenvalue weighted by Crippen LogP contribution is 2.36. The maximum absolute atomic E-state index is 6.25. The zero-order valence-corrected chi connectivity index (χ0v) is 11.5. The number of halogens is 1. The molecule has 19 heavy (non-hydrogen) atoms. The van der Waals surface area contributed by atoms with Gasteiger partial charge in [-0.3, -0.25) is 0 Å². The molecule has 5 heteroatoms. The van der Waals surface area contributed by atoms with E-state index in [1.807, 2.05) is 28.8 Å². The number of methoxy groups -OCH3 is 1. The number of rotatable bonds is 2. The zero-order valence-electron chi connectivity index (χ0n) is 10.8. The predicted octanol–water partition coefficient (Wildman–Crippen LogP) is 3.01. The van der Waals surface area contributed by atoms with Gasteiger partial charge < -0.3 is 15.0 Å². The van der Waals surface area contributed by atoms with Gasteiger partial charge in [-0.05, 0) is 31.4 Å². The van der Waals surface area contributed by atoms with Crippen LogP contribution in [0.4, 0.5) is 0 Å². The molecule has 3 rings (SSSR count). The zero-order chi connectivity index (χ0) is 13.4. The minimum absolute atomic E-state index is 0.0661. The molecule has 100 valence electrons. The highest BCUT2D eigenvalue weighted by atomic mass is 35.5. The van der Waals surface area contributed by atoms with Crippen molar-refractivity contribution in [1.82, 2.24) is 9.55 Å². The van der Waals surface area contributed by atoms with Gasteiger partial charge in [-0.25, -0.2) is 4.98 Å². The number of para-hydroxylation sites is 1. The summed E-state index contributed by atoms with van der Waals surface area (Å²) < 4.78 is 7.44. The van der Waals surface area contributed by atoms with Crippen LogP contribution in [0.3, 0.4) is 0 Å². The van der Waals surface area contributed by atoms with E-state index in [0.29, 0.717) is 5.15 Å². The number of nitrogens with two attached hydrogens (primary N) is 1. The lowest BCUT2D eigenvalue weighted by atomic mass is 10.1. The Morgan fingerprint density at radius 3 is 3.00 bits per heavy atom. The third-order valence-corrected chi connectivity index (χ3v) is 3.86. The van der Waals surface area contributed by atoms with Crippen molar-refractivity contribution in [1.29, 1.82) is 0 Å². The molecule has 0 radical (unpaired) electrons. The van der Waals surface area contributed by atoms with Gasteiger partial charge in [0.2, 0.25) is 0 Å². The van der Waals surface area contributed by atoms with E-state index in [9.17, 15) is 0 Å². The van der Waals surface area contributed by atoms with Gasteiger partial charge in [0, 0.05) is 0 Å². The Hall–Kier alpha value is -1.52. The van der Waals surface area contributed by atoms with Gasteiger partial charge >= 0.3 is 0 Å². The second-order valence-electron chi connectivity index (χ2n) is 4.70. The fourth-order valence-electron chi connectivity index (χ4n) is 2.65. The first kappa shape index (κ1) is 12.5. The molecule has 1 aliphatic rings. The molecule has 0 spiro atoms. The Morgan fingerprint density at radius 2 is 2.21 bits per heavy atom. The van der Waals surface area contributed by atoms with Gasteiger partial charge in [0.05, 0.1) is 24.5 Å². The highest BCUT2D eigenvalue weighted by molar-refractivity contribution is 6.30. The van der Waals surface area contributed by atoms with Crippen LogP contribution in [0.15, 0.2) is 24.3 Å². The van der Waals surface area contributed by atoms with Crippen LogP contribution in [0.1, 0.15) is 24.7 Å². The number of ether oxygens (including phenoxy) is 1. The first-order chi connectivity index (χ1) is 9.22. The van der Waals surface area contributed by atoms with E-state index in [1.54, 1.807) is 7.11 Å². The summed E-state index contributed by atoms with van der Waals surface area (Å²) in [7, 11) is 1.65. The monoisotopic (exact) mass is 277 g/mol. The number of nitrogens with zero attached hydrogens (tertiary/aromatic N) is 2. The van der Waals surface area contributed by atoms with E-state index in [2.05, 4.69) is 4.98 Å². The van der Waals surface area contributed by atoms with Gasteiger partial charge in [0.1, 0.15) is 11.6 Å². The summed E-state index contributed by atoms with van der Waals surface area (Å²) in [5.41, 5.74) is 8.17. The largest absolute Gasteiger partial charge is 0.496 e. The smallest absolute Gasteiger partial charge is 0.151 e. The summed E-state index contributed by atoms with van der Waals surface area (Å²) in [6, 6.07) is 7.79. The third kappa shape index (κ3) is 2.01. The summed E-state index contributed by atoms with van der Waals surface area (Å²) in [5.74, 6) is 1.58. The van der Waals surface area contributed by atoms with E-state index >= 15 is 0 Å². The molecule has 0 bridgehead atoms. The number of imidazole rings is 1. The lowest BCUT2D eigenvalue weighted by Crippen LogP contribution is -2.25. The summed E-state index contributed by atoms with van der Waals surface area (Å²) in [5, 5.41) is 0.552. The first-order valence-electron chi connectivity index (χ1n) is 6.38. The van der Waals surface area contributed by atoms with Crippen LogP contribution in [0.25, 0.3) is 11.4 Å². The van der Waals surface area contributed by atoms with Crippen molar-refractivity contribution in [3.05, 3.63) is 35.1 Å². The molecule has 1 aliphatic heterocycles. The fraction of sp³-hybridized carbons (Fsp3) is 0.357. The van der Waals surface area contributed by atoms with Crippen LogP contribution in [-0.2, 0) is 6.42 Å². The van der Waals surface area contributed by atoms with E-state index in [4.69, 9.17) is 22.1 Å². The summed E-state index contributed by atoms with van der Waals surface area (Å²) >= 11 is 6.25. The summed E-state index contributed by atoms with van der Waals surface area (Å²) in [6.45, 7) is 0. The standard InChI is InChI=1S/C14H16ClN3O/c1-19-11-7-3-2-5-9(11)14-17-13(15)10-6-4-8-12(16)18(10)14/h2-3,5,7,12H,4,6,8,16H2,1H3. The minimum atomic E-state index is -0.0661. The normalized spacial score (nSPS) is 18.2. The molecule has 0 fully saturated rings. The van der Waals surface area contributed by atoms with Gasteiger partial charge in [-0.15, -0.1) is 0 Å². The van der Waals surface area contributed by atoms with Crippen LogP contribution in [-0.4, -0.2) is 16.7 Å². The molecule has 0 aliphatic carbocycles. The lowest BCUT2D eigenvalue weighted by Gasteiger charge is -2.24. The molecule has 0 amide bonds. The topological polar surface area (TPSA) is 53.1 Å². The second kappa shape index (κ2) is 4.87. The van der Waals surface area contributed by atoms with E-state index in [0.717, 1.165) is 42.1 Å². The molecule has 4 nitrogen and oxygen atoms in total. The Kier molecular flexibility index (Phi) is 3.21. The summed E-state index contributed by atoms with van der Waals surface area (Å²) in [6.07, 6.45) is 2.86. The highest BCUT2D eigenvalue weighted by Gasteiger charge is 2.25. The Bertz CT molecular complexity index is 609. The fourth-order valence-corrected chi connectivity index (χ4v) is 2.91. The summed E-state index contributed by atoms with van der Waals surface area (Å²) in [4.78, 5) is 4.49. The van der Waals surface area contributed by atoms with Crippen molar-refractivity contribution in [2.75, 3.05) is 7.11 Å². The minimum Gasteiger partial charge on any atom is -0.496 e. The van der Waals surface area contributed by atoms with Crippen molar-refractivity contribution in [2.24, 2.45) is 5.73 Å². The maximum atomic E-state index is 6.25. The van der Waals surface area contributed by atoms with Crippen molar-refractivity contribution < 1.29 is 4.74 Å². The van der Waals surface area contributed by atoms with Gasteiger partial charge in [0.15, 0.2) is 5.15 Å². The van der Waals surface area contributed by atoms with Crippen LogP contribution >= 0.6 is 11.6 Å². The molecule has 2 aromatic rings. The van der Waals surface area contributed by atoms with Crippen molar-refractivity contribution in [2.45, 2.75) is 25.4 Å². The van der Waals surface area contributed by atoms with Crippen molar-refractivity contribution in [3.8, 4) is 17.1 Å². The number of fused-ring (bicyclic) bond motifs is 1. The molecule has 1 unspecified atom stereocenters. The average Bonchev–Trinajstić information content (AvgIpc) is 2.78. The Balaban J connectivity index is 2.21. The van der Waals surface area contributed by atoms with E-state index < -0.39 is 0 Å². The van der Waals surface area contributed by atoms with Crippen LogP contribution in [0.2, 0.25) is 5.15 Å². The van der Waals surface area contributed by atoms with Crippen LogP contribution in [0, 0.1) is 0 Å². The predicted molar refractivity (Wildman–Crippen MR) is 75.4 cm³/mol. The molecule has 0 saturated carbocycles. The number of benzene rings is 1. The van der Waals surface area contributed by atoms with Crippen molar-refractivity contribution in [3.63, 3.8) is 0 Å². The molecule has 1 aromatic carbocycles. The van der Waals surface area contributed by atoms with Gasteiger partial charge in [0.25, 0.3) is 0 Å². The van der Waals surface area contributed by atoms with Crippen molar-refractivity contribution >= 4 is 11.6 Å². The second-order valence-corrected chi connectivity index (χ2v) is 5.06. The van der Waals surface area contributed by atoms with Crippen LogP contribution in [0.5, 0.6) is 5.75 Å². The van der Waals surface area contributed by atoms with E-state index in [1.165, 1.54) is 0 Å². The first-order valence-corrected chi connectivity index (χ1v) is 6.75. The lowest BCUT2D eigenvalue weighted by molar-refractivity contribution is 0.408.